The molecule has 156 valence electrons. The molecule has 29 heavy (non-hydrogen) atoms. The van der Waals surface area contributed by atoms with Gasteiger partial charge in [-0.1, -0.05) is 26.0 Å². The number of hydrogen-bond acceptors (Lipinski definition) is 5. The number of piperazine rings is 1. The second-order valence-electron chi connectivity index (χ2n) is 7.13. The zero-order valence-electron chi connectivity index (χ0n) is 17.0. The summed E-state index contributed by atoms with van der Waals surface area (Å²) in [4.78, 5) is 19.1. The number of pyridine rings is 1. The van der Waals surface area contributed by atoms with E-state index in [0.29, 0.717) is 34.5 Å². The van der Waals surface area contributed by atoms with Crippen LogP contribution in [0.25, 0.3) is 0 Å². The topological polar surface area (TPSA) is 70.6 Å². The standard InChI is InChI=1S/C21H27N3O3S2/c1-4-16(2)17-7-9-18(10-8-17)29(26,27)24-14-12-23(13-15-24)21(25)19-6-5-11-22-20(19)28-3/h5-11,16H,4,12-15H2,1-3H3. The number of hydrogen-bond donors (Lipinski definition) is 0. The van der Waals surface area contributed by atoms with Crippen molar-refractivity contribution in [1.82, 2.24) is 14.2 Å². The van der Waals surface area contributed by atoms with Crippen molar-refractivity contribution in [1.29, 1.82) is 0 Å². The molecule has 2 heterocycles. The van der Waals surface area contributed by atoms with E-state index in [-0.39, 0.29) is 19.0 Å². The number of rotatable bonds is 6. The fourth-order valence-electron chi connectivity index (χ4n) is 3.37. The van der Waals surface area contributed by atoms with Crippen LogP contribution in [0, 0.1) is 0 Å². The first-order valence-corrected chi connectivity index (χ1v) is 12.4. The summed E-state index contributed by atoms with van der Waals surface area (Å²) < 4.78 is 27.5. The average Bonchev–Trinajstić information content (AvgIpc) is 2.78. The van der Waals surface area contributed by atoms with E-state index >= 15 is 0 Å². The van der Waals surface area contributed by atoms with Crippen LogP contribution in [0.2, 0.25) is 0 Å². The summed E-state index contributed by atoms with van der Waals surface area (Å²) in [7, 11) is -3.56. The highest BCUT2D eigenvalue weighted by atomic mass is 32.2. The van der Waals surface area contributed by atoms with Gasteiger partial charge in [-0.25, -0.2) is 13.4 Å². The first-order chi connectivity index (χ1) is 13.9. The molecule has 0 bridgehead atoms. The van der Waals surface area contributed by atoms with Crippen molar-refractivity contribution in [3.63, 3.8) is 0 Å². The van der Waals surface area contributed by atoms with Crippen LogP contribution < -0.4 is 0 Å². The molecule has 0 spiro atoms. The minimum atomic E-state index is -3.56. The SMILES string of the molecule is CCC(C)c1ccc(S(=O)(=O)N2CCN(C(=O)c3cccnc3SC)CC2)cc1. The Morgan fingerprint density at radius 2 is 1.79 bits per heavy atom. The number of amides is 1. The van der Waals surface area contributed by atoms with Gasteiger partial charge in [0.15, 0.2) is 0 Å². The molecule has 8 heteroatoms. The van der Waals surface area contributed by atoms with Crippen LogP contribution >= 0.6 is 11.8 Å². The second kappa shape index (κ2) is 9.28. The Balaban J connectivity index is 1.69. The van der Waals surface area contributed by atoms with Gasteiger partial charge in [0, 0.05) is 32.4 Å². The molecule has 0 N–H and O–H groups in total. The van der Waals surface area contributed by atoms with Crippen LogP contribution in [0.4, 0.5) is 0 Å². The summed E-state index contributed by atoms with van der Waals surface area (Å²) in [6.45, 7) is 5.55. The molecule has 1 aromatic heterocycles. The largest absolute Gasteiger partial charge is 0.336 e. The van der Waals surface area contributed by atoms with Gasteiger partial charge in [-0.15, -0.1) is 11.8 Å². The van der Waals surface area contributed by atoms with E-state index in [4.69, 9.17) is 0 Å². The molecule has 1 aliphatic heterocycles. The maximum absolute atomic E-state index is 13.0. The molecule has 1 fully saturated rings. The lowest BCUT2D eigenvalue weighted by Crippen LogP contribution is -2.50. The number of nitrogens with zero attached hydrogens (tertiary/aromatic N) is 3. The van der Waals surface area contributed by atoms with Gasteiger partial charge in [0.1, 0.15) is 5.03 Å². The predicted molar refractivity (Wildman–Crippen MR) is 116 cm³/mol. The van der Waals surface area contributed by atoms with E-state index in [9.17, 15) is 13.2 Å². The Bertz CT molecular complexity index is 953. The maximum atomic E-state index is 13.0. The lowest BCUT2D eigenvalue weighted by molar-refractivity contribution is 0.0693. The Hall–Kier alpha value is -1.90. The van der Waals surface area contributed by atoms with Gasteiger partial charge in [-0.05, 0) is 48.4 Å². The van der Waals surface area contributed by atoms with E-state index in [0.717, 1.165) is 12.0 Å². The molecule has 0 radical (unpaired) electrons. The van der Waals surface area contributed by atoms with Crippen molar-refractivity contribution < 1.29 is 13.2 Å². The number of carbonyl (C=O) groups excluding carboxylic acids is 1. The molecule has 1 aromatic carbocycles. The van der Waals surface area contributed by atoms with Crippen molar-refractivity contribution in [2.45, 2.75) is 36.1 Å². The van der Waals surface area contributed by atoms with Gasteiger partial charge in [-0.2, -0.15) is 4.31 Å². The van der Waals surface area contributed by atoms with E-state index in [1.807, 2.05) is 18.4 Å². The molecular formula is C21H27N3O3S2. The summed E-state index contributed by atoms with van der Waals surface area (Å²) >= 11 is 1.43. The quantitative estimate of drug-likeness (QED) is 0.653. The summed E-state index contributed by atoms with van der Waals surface area (Å²) in [6.07, 6.45) is 4.56. The van der Waals surface area contributed by atoms with Crippen LogP contribution in [0.1, 0.15) is 42.1 Å². The number of aromatic nitrogens is 1. The van der Waals surface area contributed by atoms with Crippen LogP contribution in [0.5, 0.6) is 0 Å². The molecular weight excluding hydrogens is 406 g/mol. The lowest BCUT2D eigenvalue weighted by Gasteiger charge is -2.34. The predicted octanol–water partition coefficient (Wildman–Crippen LogP) is 3.46. The lowest BCUT2D eigenvalue weighted by atomic mass is 9.99. The van der Waals surface area contributed by atoms with Crippen molar-refractivity contribution in [3.8, 4) is 0 Å². The van der Waals surface area contributed by atoms with Crippen molar-refractivity contribution in [2.75, 3.05) is 32.4 Å². The highest BCUT2D eigenvalue weighted by Crippen LogP contribution is 2.24. The molecule has 1 atom stereocenters. The van der Waals surface area contributed by atoms with Crippen LogP contribution in [-0.4, -0.2) is 60.9 Å². The van der Waals surface area contributed by atoms with Gasteiger partial charge in [-0.3, -0.25) is 4.79 Å². The molecule has 1 unspecified atom stereocenters. The minimum absolute atomic E-state index is 0.0996. The van der Waals surface area contributed by atoms with Gasteiger partial charge >= 0.3 is 0 Å². The summed E-state index contributed by atoms with van der Waals surface area (Å²) in [5.74, 6) is 0.303. The fourth-order valence-corrected chi connectivity index (χ4v) is 5.33. The summed E-state index contributed by atoms with van der Waals surface area (Å²) in [5.41, 5.74) is 1.71. The third kappa shape index (κ3) is 4.65. The zero-order valence-corrected chi connectivity index (χ0v) is 18.7. The second-order valence-corrected chi connectivity index (χ2v) is 9.87. The molecule has 0 aliphatic carbocycles. The summed E-state index contributed by atoms with van der Waals surface area (Å²) in [5, 5.41) is 0.689. The average molecular weight is 434 g/mol. The Labute approximate surface area is 177 Å². The minimum Gasteiger partial charge on any atom is -0.336 e. The molecule has 1 saturated heterocycles. The Morgan fingerprint density at radius 3 is 2.38 bits per heavy atom. The van der Waals surface area contributed by atoms with Crippen LogP contribution in [0.15, 0.2) is 52.5 Å². The zero-order chi connectivity index (χ0) is 21.0. The van der Waals surface area contributed by atoms with Gasteiger partial charge in [0.05, 0.1) is 10.5 Å². The molecule has 3 rings (SSSR count). The monoisotopic (exact) mass is 433 g/mol. The van der Waals surface area contributed by atoms with Crippen LogP contribution in [0.3, 0.4) is 0 Å². The van der Waals surface area contributed by atoms with Gasteiger partial charge < -0.3 is 4.90 Å². The Morgan fingerprint density at radius 1 is 1.14 bits per heavy atom. The van der Waals surface area contributed by atoms with E-state index in [1.54, 1.807) is 35.4 Å². The van der Waals surface area contributed by atoms with E-state index in [2.05, 4.69) is 18.8 Å². The smallest absolute Gasteiger partial charge is 0.256 e. The third-order valence-electron chi connectivity index (χ3n) is 5.42. The van der Waals surface area contributed by atoms with E-state index < -0.39 is 10.0 Å². The molecule has 0 saturated carbocycles. The normalized spacial score (nSPS) is 16.6. The molecule has 2 aromatic rings. The highest BCUT2D eigenvalue weighted by molar-refractivity contribution is 7.98. The Kier molecular flexibility index (Phi) is 6.97. The van der Waals surface area contributed by atoms with Gasteiger partial charge in [0.2, 0.25) is 10.0 Å². The van der Waals surface area contributed by atoms with Gasteiger partial charge in [0.25, 0.3) is 5.91 Å². The molecule has 6 nitrogen and oxygen atoms in total. The first-order valence-electron chi connectivity index (χ1n) is 9.76. The van der Waals surface area contributed by atoms with Crippen molar-refractivity contribution in [3.05, 3.63) is 53.7 Å². The fraction of sp³-hybridized carbons (Fsp3) is 0.429. The molecule has 1 aliphatic rings. The summed E-state index contributed by atoms with van der Waals surface area (Å²) in [6, 6.07) is 10.7. The van der Waals surface area contributed by atoms with E-state index in [1.165, 1.54) is 16.1 Å². The molecule has 1 amide bonds. The number of sulfonamides is 1. The number of carbonyl (C=O) groups is 1. The van der Waals surface area contributed by atoms with Crippen molar-refractivity contribution >= 4 is 27.7 Å². The number of thioether (sulfide) groups is 1. The highest BCUT2D eigenvalue weighted by Gasteiger charge is 2.31. The van der Waals surface area contributed by atoms with Crippen LogP contribution in [-0.2, 0) is 10.0 Å². The maximum Gasteiger partial charge on any atom is 0.256 e. The first kappa shape index (κ1) is 21.8. The number of benzene rings is 1. The van der Waals surface area contributed by atoms with Crippen molar-refractivity contribution in [2.24, 2.45) is 0 Å². The third-order valence-corrected chi connectivity index (χ3v) is 8.04.